The molecule has 1 aliphatic rings. The van der Waals surface area contributed by atoms with Crippen molar-refractivity contribution >= 4 is 32.5 Å². The summed E-state index contributed by atoms with van der Waals surface area (Å²) >= 11 is 1.77. The predicted octanol–water partition coefficient (Wildman–Crippen LogP) is 2.41. The van der Waals surface area contributed by atoms with E-state index in [0.717, 1.165) is 42.6 Å². The van der Waals surface area contributed by atoms with Crippen LogP contribution in [0.1, 0.15) is 0 Å². The van der Waals surface area contributed by atoms with Crippen LogP contribution in [0.25, 0.3) is 10.2 Å². The molecule has 2 aromatic heterocycles. The Morgan fingerprint density at radius 2 is 1.76 bits per heavy atom. The number of piperazine rings is 1. The van der Waals surface area contributed by atoms with Crippen LogP contribution >= 0.6 is 11.3 Å². The van der Waals surface area contributed by atoms with Gasteiger partial charge in [-0.3, -0.25) is 4.98 Å². The molecule has 1 aliphatic heterocycles. The minimum Gasteiger partial charge on any atom is -0.352 e. The summed E-state index contributed by atoms with van der Waals surface area (Å²) in [6.07, 6.45) is 5.28. The van der Waals surface area contributed by atoms with Crippen LogP contribution in [0, 0.1) is 0 Å². The van der Waals surface area contributed by atoms with Gasteiger partial charge in [-0.05, 0) is 12.1 Å². The molecular weight excluding hydrogens is 282 g/mol. The normalized spacial score (nSPS) is 15.6. The zero-order chi connectivity index (χ0) is 14.1. The molecule has 0 aliphatic carbocycles. The van der Waals surface area contributed by atoms with Gasteiger partial charge in [-0.25, -0.2) is 9.97 Å². The van der Waals surface area contributed by atoms with E-state index in [1.54, 1.807) is 23.7 Å². The third-order valence-electron chi connectivity index (χ3n) is 3.71. The molecule has 0 radical (unpaired) electrons. The summed E-state index contributed by atoms with van der Waals surface area (Å²) in [6.45, 7) is 3.84. The van der Waals surface area contributed by atoms with Crippen molar-refractivity contribution in [3.63, 3.8) is 0 Å². The second-order valence-corrected chi connectivity index (χ2v) is 6.01. The van der Waals surface area contributed by atoms with Gasteiger partial charge in [0.05, 0.1) is 16.4 Å². The smallest absolute Gasteiger partial charge is 0.186 e. The molecule has 0 atom stereocenters. The topological polar surface area (TPSA) is 45.2 Å². The fraction of sp³-hybridized carbons (Fsp3) is 0.267. The highest BCUT2D eigenvalue weighted by molar-refractivity contribution is 7.22. The summed E-state index contributed by atoms with van der Waals surface area (Å²) < 4.78 is 1.25. The van der Waals surface area contributed by atoms with Crippen molar-refractivity contribution in [1.29, 1.82) is 0 Å². The predicted molar refractivity (Wildman–Crippen MR) is 86.1 cm³/mol. The minimum atomic E-state index is 0.953. The van der Waals surface area contributed by atoms with E-state index < -0.39 is 0 Å². The number of aromatic nitrogens is 3. The van der Waals surface area contributed by atoms with Crippen LogP contribution in [0.15, 0.2) is 42.9 Å². The van der Waals surface area contributed by atoms with Gasteiger partial charge in [0.2, 0.25) is 0 Å². The van der Waals surface area contributed by atoms with Crippen molar-refractivity contribution in [2.45, 2.75) is 0 Å². The molecule has 0 N–H and O–H groups in total. The number of fused-ring (bicyclic) bond motifs is 1. The molecule has 3 aromatic rings. The Labute approximate surface area is 126 Å². The Kier molecular flexibility index (Phi) is 3.16. The number of anilines is 2. The summed E-state index contributed by atoms with van der Waals surface area (Å²) in [5.41, 5.74) is 1.09. The van der Waals surface area contributed by atoms with Crippen LogP contribution < -0.4 is 9.80 Å². The Morgan fingerprint density at radius 1 is 0.952 bits per heavy atom. The van der Waals surface area contributed by atoms with Crippen LogP contribution in [0.4, 0.5) is 10.9 Å². The first-order valence-corrected chi connectivity index (χ1v) is 7.83. The second kappa shape index (κ2) is 5.29. The van der Waals surface area contributed by atoms with Crippen LogP contribution in [-0.2, 0) is 0 Å². The molecule has 1 saturated heterocycles. The van der Waals surface area contributed by atoms with Crippen LogP contribution in [-0.4, -0.2) is 41.1 Å². The maximum atomic E-state index is 4.73. The highest BCUT2D eigenvalue weighted by Crippen LogP contribution is 2.29. The average molecular weight is 297 g/mol. The molecule has 1 fully saturated rings. The number of rotatable bonds is 2. The Bertz CT molecular complexity index is 701. The van der Waals surface area contributed by atoms with E-state index >= 15 is 0 Å². The highest BCUT2D eigenvalue weighted by Gasteiger charge is 2.20. The Balaban J connectivity index is 1.50. The van der Waals surface area contributed by atoms with Crippen molar-refractivity contribution in [3.8, 4) is 0 Å². The van der Waals surface area contributed by atoms with Crippen LogP contribution in [0.5, 0.6) is 0 Å². The van der Waals surface area contributed by atoms with Gasteiger partial charge in [-0.1, -0.05) is 23.5 Å². The molecule has 0 saturated carbocycles. The highest BCUT2D eigenvalue weighted by atomic mass is 32.1. The maximum Gasteiger partial charge on any atom is 0.186 e. The van der Waals surface area contributed by atoms with E-state index in [1.807, 2.05) is 12.3 Å². The molecule has 4 rings (SSSR count). The molecule has 0 spiro atoms. The summed E-state index contributed by atoms with van der Waals surface area (Å²) in [5.74, 6) is 0.960. The van der Waals surface area contributed by atoms with E-state index in [0.29, 0.717) is 0 Å². The summed E-state index contributed by atoms with van der Waals surface area (Å²) in [4.78, 5) is 17.9. The zero-order valence-corrected chi connectivity index (χ0v) is 12.3. The number of hydrogen-bond donors (Lipinski definition) is 0. The number of para-hydroxylation sites is 1. The first-order valence-electron chi connectivity index (χ1n) is 7.02. The van der Waals surface area contributed by atoms with E-state index in [2.05, 4.69) is 38.0 Å². The third-order valence-corrected chi connectivity index (χ3v) is 4.80. The van der Waals surface area contributed by atoms with E-state index in [9.17, 15) is 0 Å². The first kappa shape index (κ1) is 12.5. The standard InChI is InChI=1S/C15H15N5S/c1-2-4-13-12(3-1)18-15(21-13)20-9-7-19(8-10-20)14-11-16-5-6-17-14/h1-6,11H,7-10H2. The maximum absolute atomic E-state index is 4.73. The lowest BCUT2D eigenvalue weighted by Crippen LogP contribution is -2.46. The summed E-state index contributed by atoms with van der Waals surface area (Å²) in [6, 6.07) is 8.31. The van der Waals surface area contributed by atoms with Crippen LogP contribution in [0.2, 0.25) is 0 Å². The fourth-order valence-corrected chi connectivity index (χ4v) is 3.59. The van der Waals surface area contributed by atoms with Gasteiger partial charge in [0.1, 0.15) is 5.82 Å². The van der Waals surface area contributed by atoms with Crippen molar-refractivity contribution in [3.05, 3.63) is 42.9 Å². The van der Waals surface area contributed by atoms with Gasteiger partial charge in [-0.15, -0.1) is 0 Å². The second-order valence-electron chi connectivity index (χ2n) is 5.00. The largest absolute Gasteiger partial charge is 0.352 e. The van der Waals surface area contributed by atoms with Gasteiger partial charge in [0, 0.05) is 38.6 Å². The van der Waals surface area contributed by atoms with E-state index in [1.165, 1.54) is 4.70 Å². The molecule has 21 heavy (non-hydrogen) atoms. The lowest BCUT2D eigenvalue weighted by atomic mass is 10.3. The molecular formula is C15H15N5S. The Morgan fingerprint density at radius 3 is 2.52 bits per heavy atom. The number of thiazole rings is 1. The van der Waals surface area contributed by atoms with Crippen LogP contribution in [0.3, 0.4) is 0 Å². The minimum absolute atomic E-state index is 0.953. The van der Waals surface area contributed by atoms with Gasteiger partial charge >= 0.3 is 0 Å². The Hall–Kier alpha value is -2.21. The van der Waals surface area contributed by atoms with Crippen molar-refractivity contribution < 1.29 is 0 Å². The van der Waals surface area contributed by atoms with Crippen molar-refractivity contribution in [2.75, 3.05) is 36.0 Å². The quantitative estimate of drug-likeness (QED) is 0.727. The number of hydrogen-bond acceptors (Lipinski definition) is 6. The SMILES string of the molecule is c1ccc2sc(N3CCN(c4cnccn4)CC3)nc2c1. The fourth-order valence-electron chi connectivity index (χ4n) is 2.58. The third kappa shape index (κ3) is 2.42. The molecule has 0 amide bonds. The zero-order valence-electron chi connectivity index (χ0n) is 11.5. The summed E-state index contributed by atoms with van der Waals surface area (Å²) in [5, 5.41) is 1.12. The number of benzene rings is 1. The lowest BCUT2D eigenvalue weighted by molar-refractivity contribution is 0.645. The average Bonchev–Trinajstić information content (AvgIpc) is 3.00. The van der Waals surface area contributed by atoms with Gasteiger partial charge < -0.3 is 9.80 Å². The molecule has 1 aromatic carbocycles. The lowest BCUT2D eigenvalue weighted by Gasteiger charge is -2.34. The first-order chi connectivity index (χ1) is 10.4. The molecule has 106 valence electrons. The van der Waals surface area contributed by atoms with Gasteiger partial charge in [0.15, 0.2) is 5.13 Å². The van der Waals surface area contributed by atoms with Gasteiger partial charge in [-0.2, -0.15) is 0 Å². The molecule has 0 bridgehead atoms. The van der Waals surface area contributed by atoms with Crippen molar-refractivity contribution in [2.24, 2.45) is 0 Å². The van der Waals surface area contributed by atoms with Gasteiger partial charge in [0.25, 0.3) is 0 Å². The molecule has 3 heterocycles. The van der Waals surface area contributed by atoms with Crippen molar-refractivity contribution in [1.82, 2.24) is 15.0 Å². The molecule has 0 unspecified atom stereocenters. The molecule has 6 heteroatoms. The summed E-state index contributed by atoms with van der Waals surface area (Å²) in [7, 11) is 0. The van der Waals surface area contributed by atoms with E-state index in [-0.39, 0.29) is 0 Å². The van der Waals surface area contributed by atoms with E-state index in [4.69, 9.17) is 4.98 Å². The monoisotopic (exact) mass is 297 g/mol. The number of nitrogens with zero attached hydrogens (tertiary/aromatic N) is 5. The molecule has 5 nitrogen and oxygen atoms in total.